The first kappa shape index (κ1) is 24.6. The Hall–Kier alpha value is -2.48. The predicted octanol–water partition coefficient (Wildman–Crippen LogP) is 3.04. The third-order valence-corrected chi connectivity index (χ3v) is 7.66. The first-order chi connectivity index (χ1) is 16.4. The molecule has 0 radical (unpaired) electrons. The number of ether oxygens (including phenoxy) is 3. The van der Waals surface area contributed by atoms with Crippen LogP contribution < -0.4 is 19.1 Å². The predicted molar refractivity (Wildman–Crippen MR) is 131 cm³/mol. The molecule has 3 aliphatic heterocycles. The Kier molecular flexibility index (Phi) is 7.86. The molecule has 2 unspecified atom stereocenters. The molecule has 8 heteroatoms. The summed E-state index contributed by atoms with van der Waals surface area (Å²) in [6, 6.07) is 3.53. The second-order valence-corrected chi connectivity index (χ2v) is 10.1. The number of methoxy groups -OCH3 is 3. The lowest BCUT2D eigenvalue weighted by molar-refractivity contribution is -0.137. The Balaban J connectivity index is 1.40. The van der Waals surface area contributed by atoms with Crippen LogP contribution in [0.4, 0.5) is 5.69 Å². The largest absolute Gasteiger partial charge is 0.493 e. The van der Waals surface area contributed by atoms with Crippen molar-refractivity contribution in [1.29, 1.82) is 0 Å². The summed E-state index contributed by atoms with van der Waals surface area (Å²) in [4.78, 5) is 32.6. The molecule has 0 N–H and O–H groups in total. The molecule has 0 saturated carbocycles. The summed E-state index contributed by atoms with van der Waals surface area (Å²) < 4.78 is 16.3. The van der Waals surface area contributed by atoms with Crippen molar-refractivity contribution in [3.05, 3.63) is 12.1 Å². The molecule has 2 amide bonds. The molecule has 0 spiro atoms. The topological polar surface area (TPSA) is 71.6 Å². The fourth-order valence-electron chi connectivity index (χ4n) is 5.63. The van der Waals surface area contributed by atoms with E-state index in [0.29, 0.717) is 35.4 Å². The molecule has 0 aliphatic carbocycles. The fourth-order valence-corrected chi connectivity index (χ4v) is 5.63. The van der Waals surface area contributed by atoms with Gasteiger partial charge in [-0.2, -0.15) is 0 Å². The normalized spacial score (nSPS) is 24.4. The highest BCUT2D eigenvalue weighted by molar-refractivity contribution is 6.00. The summed E-state index contributed by atoms with van der Waals surface area (Å²) in [7, 11) is 4.65. The molecule has 8 nitrogen and oxygen atoms in total. The maximum Gasteiger partial charge on any atom is 0.228 e. The van der Waals surface area contributed by atoms with E-state index < -0.39 is 0 Å². The van der Waals surface area contributed by atoms with Gasteiger partial charge in [0.2, 0.25) is 17.6 Å². The second-order valence-electron chi connectivity index (χ2n) is 10.1. The van der Waals surface area contributed by atoms with Gasteiger partial charge in [-0.05, 0) is 50.6 Å². The van der Waals surface area contributed by atoms with Crippen LogP contribution in [0.3, 0.4) is 0 Å². The summed E-state index contributed by atoms with van der Waals surface area (Å²) in [6.07, 6.45) is 5.00. The highest BCUT2D eigenvalue weighted by Crippen LogP contribution is 2.42. The average Bonchev–Trinajstić information content (AvgIpc) is 3.25. The SMILES string of the molecule is COc1cc(N2CC(C(=O)N3CCCC(CN4CCC(C)CC4)C3)CC2=O)cc(OC)c1OC. The van der Waals surface area contributed by atoms with Gasteiger partial charge in [0.15, 0.2) is 11.5 Å². The number of hydrogen-bond acceptors (Lipinski definition) is 6. The highest BCUT2D eigenvalue weighted by Gasteiger charge is 2.39. The van der Waals surface area contributed by atoms with E-state index in [-0.39, 0.29) is 24.2 Å². The minimum Gasteiger partial charge on any atom is -0.493 e. The van der Waals surface area contributed by atoms with Crippen molar-refractivity contribution in [1.82, 2.24) is 9.80 Å². The van der Waals surface area contributed by atoms with E-state index in [1.54, 1.807) is 38.4 Å². The molecule has 0 aromatic heterocycles. The van der Waals surface area contributed by atoms with Gasteiger partial charge < -0.3 is 28.9 Å². The number of piperidine rings is 2. The van der Waals surface area contributed by atoms with Gasteiger partial charge >= 0.3 is 0 Å². The Bertz CT molecular complexity index is 858. The van der Waals surface area contributed by atoms with Crippen LogP contribution >= 0.6 is 0 Å². The first-order valence-corrected chi connectivity index (χ1v) is 12.5. The van der Waals surface area contributed by atoms with E-state index >= 15 is 0 Å². The second kappa shape index (κ2) is 10.8. The maximum atomic E-state index is 13.4. The zero-order valence-corrected chi connectivity index (χ0v) is 21.0. The molecular weight excluding hydrogens is 434 g/mol. The van der Waals surface area contributed by atoms with Crippen LogP contribution in [0, 0.1) is 17.8 Å². The standard InChI is InChI=1S/C26H39N3O5/c1-18-7-10-27(11-8-18)15-19-6-5-9-28(16-19)26(31)20-12-24(30)29(17-20)21-13-22(32-2)25(34-4)23(14-21)33-3/h13-14,18-20H,5-12,15-17H2,1-4H3. The molecule has 34 heavy (non-hydrogen) atoms. The Labute approximate surface area is 203 Å². The van der Waals surface area contributed by atoms with Crippen LogP contribution in [0.2, 0.25) is 0 Å². The van der Waals surface area contributed by atoms with E-state index in [1.165, 1.54) is 32.4 Å². The van der Waals surface area contributed by atoms with Gasteiger partial charge in [-0.25, -0.2) is 0 Å². The van der Waals surface area contributed by atoms with E-state index in [0.717, 1.165) is 32.0 Å². The molecular formula is C26H39N3O5. The van der Waals surface area contributed by atoms with E-state index in [9.17, 15) is 9.59 Å². The van der Waals surface area contributed by atoms with Crippen LogP contribution in [-0.4, -0.2) is 82.2 Å². The minimum atomic E-state index is -0.318. The monoisotopic (exact) mass is 473 g/mol. The van der Waals surface area contributed by atoms with Gasteiger partial charge in [0.1, 0.15) is 0 Å². The summed E-state index contributed by atoms with van der Waals surface area (Å²) in [5.41, 5.74) is 0.658. The van der Waals surface area contributed by atoms with Crippen LogP contribution in [0.5, 0.6) is 17.2 Å². The van der Waals surface area contributed by atoms with Crippen molar-refractivity contribution in [2.75, 3.05) is 65.5 Å². The van der Waals surface area contributed by atoms with Crippen molar-refractivity contribution in [2.24, 2.45) is 17.8 Å². The molecule has 3 saturated heterocycles. The smallest absolute Gasteiger partial charge is 0.228 e. The van der Waals surface area contributed by atoms with E-state index in [4.69, 9.17) is 14.2 Å². The van der Waals surface area contributed by atoms with E-state index in [2.05, 4.69) is 11.8 Å². The van der Waals surface area contributed by atoms with Gasteiger partial charge in [-0.15, -0.1) is 0 Å². The number of amides is 2. The van der Waals surface area contributed by atoms with Crippen molar-refractivity contribution >= 4 is 17.5 Å². The number of nitrogens with zero attached hydrogens (tertiary/aromatic N) is 3. The van der Waals surface area contributed by atoms with Gasteiger partial charge in [0.05, 0.1) is 32.9 Å². The third-order valence-electron chi connectivity index (χ3n) is 7.66. The Morgan fingerprint density at radius 2 is 1.65 bits per heavy atom. The van der Waals surface area contributed by atoms with Gasteiger partial charge in [-0.3, -0.25) is 9.59 Å². The summed E-state index contributed by atoms with van der Waals surface area (Å²) >= 11 is 0. The van der Waals surface area contributed by atoms with Crippen molar-refractivity contribution in [3.8, 4) is 17.2 Å². The maximum absolute atomic E-state index is 13.4. The molecule has 2 atom stereocenters. The minimum absolute atomic E-state index is 0.0522. The van der Waals surface area contributed by atoms with Crippen LogP contribution in [0.15, 0.2) is 12.1 Å². The number of carbonyl (C=O) groups excluding carboxylic acids is 2. The van der Waals surface area contributed by atoms with Crippen LogP contribution in [0.1, 0.15) is 39.0 Å². The summed E-state index contributed by atoms with van der Waals surface area (Å²) in [5.74, 6) is 2.56. The fraction of sp³-hybridized carbons (Fsp3) is 0.692. The average molecular weight is 474 g/mol. The first-order valence-electron chi connectivity index (χ1n) is 12.5. The summed E-state index contributed by atoms with van der Waals surface area (Å²) in [6.45, 7) is 7.74. The third kappa shape index (κ3) is 5.27. The molecule has 3 aliphatic rings. The molecule has 188 valence electrons. The molecule has 4 rings (SSSR count). The highest BCUT2D eigenvalue weighted by atomic mass is 16.5. The molecule has 0 bridgehead atoms. The van der Waals surface area contributed by atoms with Crippen LogP contribution in [0.25, 0.3) is 0 Å². The van der Waals surface area contributed by atoms with Crippen molar-refractivity contribution in [2.45, 2.75) is 39.0 Å². The molecule has 3 fully saturated rings. The molecule has 1 aromatic carbocycles. The molecule has 3 heterocycles. The lowest BCUT2D eigenvalue weighted by Gasteiger charge is -2.38. The van der Waals surface area contributed by atoms with Crippen molar-refractivity contribution in [3.63, 3.8) is 0 Å². The van der Waals surface area contributed by atoms with Gasteiger partial charge in [-0.1, -0.05) is 6.92 Å². The lowest BCUT2D eigenvalue weighted by atomic mass is 9.93. The number of hydrogen-bond donors (Lipinski definition) is 0. The Morgan fingerprint density at radius 3 is 2.26 bits per heavy atom. The zero-order valence-electron chi connectivity index (χ0n) is 21.0. The number of rotatable bonds is 7. The quantitative estimate of drug-likeness (QED) is 0.606. The number of carbonyl (C=O) groups is 2. The number of benzene rings is 1. The van der Waals surface area contributed by atoms with E-state index in [1.807, 2.05) is 4.90 Å². The molecule has 1 aromatic rings. The zero-order chi connectivity index (χ0) is 24.2. The van der Waals surface area contributed by atoms with Crippen molar-refractivity contribution < 1.29 is 23.8 Å². The van der Waals surface area contributed by atoms with Gasteiger partial charge in [0, 0.05) is 44.7 Å². The van der Waals surface area contributed by atoms with Crippen LogP contribution in [-0.2, 0) is 9.59 Å². The number of anilines is 1. The summed E-state index contributed by atoms with van der Waals surface area (Å²) in [5, 5.41) is 0. The number of likely N-dealkylation sites (tertiary alicyclic amines) is 2. The lowest BCUT2D eigenvalue weighted by Crippen LogP contribution is -2.47. The van der Waals surface area contributed by atoms with Gasteiger partial charge in [0.25, 0.3) is 0 Å². The Morgan fingerprint density at radius 1 is 0.971 bits per heavy atom.